The van der Waals surface area contributed by atoms with Crippen LogP contribution in [0.2, 0.25) is 0 Å². The number of benzene rings is 2. The summed E-state index contributed by atoms with van der Waals surface area (Å²) in [6.45, 7) is 6.47. The number of hydrogen-bond acceptors (Lipinski definition) is 5. The van der Waals surface area contributed by atoms with Crippen molar-refractivity contribution in [3.05, 3.63) is 65.4 Å². The number of carbonyl (C=O) groups is 2. The van der Waals surface area contributed by atoms with Crippen LogP contribution in [-0.2, 0) is 11.2 Å². The molecule has 6 heteroatoms. The van der Waals surface area contributed by atoms with Crippen LogP contribution in [0.25, 0.3) is 10.9 Å². The van der Waals surface area contributed by atoms with Gasteiger partial charge in [-0.1, -0.05) is 38.0 Å². The predicted molar refractivity (Wildman–Crippen MR) is 131 cm³/mol. The van der Waals surface area contributed by atoms with Crippen molar-refractivity contribution in [2.75, 3.05) is 13.1 Å². The summed E-state index contributed by atoms with van der Waals surface area (Å²) in [5, 5.41) is 11.1. The van der Waals surface area contributed by atoms with Gasteiger partial charge in [-0.3, -0.25) is 4.90 Å². The molecule has 5 rings (SSSR count). The van der Waals surface area contributed by atoms with Crippen molar-refractivity contribution in [1.82, 2.24) is 9.47 Å². The van der Waals surface area contributed by atoms with Crippen molar-refractivity contribution in [2.24, 2.45) is 5.92 Å². The molecule has 2 aliphatic heterocycles. The molecule has 1 N–H and O–H groups in total. The molecule has 178 valence electrons. The fourth-order valence-corrected chi connectivity index (χ4v) is 5.95. The molecule has 2 bridgehead atoms. The zero-order valence-electron chi connectivity index (χ0n) is 19.9. The summed E-state index contributed by atoms with van der Waals surface area (Å²) < 4.78 is 7.01. The smallest absolute Gasteiger partial charge is 0.426 e. The monoisotopic (exact) mass is 460 g/mol. The third-order valence-corrected chi connectivity index (χ3v) is 7.67. The molecule has 1 fully saturated rings. The van der Waals surface area contributed by atoms with Gasteiger partial charge in [0, 0.05) is 36.1 Å². The number of phenolic OH excluding ortho intramolecular Hbond substituents is 1. The Bertz CT molecular complexity index is 1220. The van der Waals surface area contributed by atoms with Gasteiger partial charge in [-0.25, -0.2) is 14.2 Å². The minimum absolute atomic E-state index is 0.155. The molecule has 0 saturated carbocycles. The molecular weight excluding hydrogens is 428 g/mol. The van der Waals surface area contributed by atoms with Gasteiger partial charge < -0.3 is 9.84 Å². The van der Waals surface area contributed by atoms with E-state index in [9.17, 15) is 14.7 Å². The Kier molecular flexibility index (Phi) is 6.17. The summed E-state index contributed by atoms with van der Waals surface area (Å²) in [6, 6.07) is 14.0. The number of phenols is 1. The molecule has 6 nitrogen and oxygen atoms in total. The summed E-state index contributed by atoms with van der Waals surface area (Å²) in [6.07, 6.45) is 4.69. The van der Waals surface area contributed by atoms with Crippen LogP contribution in [-0.4, -0.2) is 45.8 Å². The highest BCUT2D eigenvalue weighted by atomic mass is 16.6. The van der Waals surface area contributed by atoms with Crippen molar-refractivity contribution in [3.63, 3.8) is 0 Å². The van der Waals surface area contributed by atoms with Crippen LogP contribution in [0, 0.1) is 5.92 Å². The first-order chi connectivity index (χ1) is 16.5. The van der Waals surface area contributed by atoms with Crippen LogP contribution >= 0.6 is 0 Å². The third-order valence-electron chi connectivity index (χ3n) is 7.67. The number of fused-ring (bicyclic) bond motifs is 6. The molecule has 1 aromatic heterocycles. The van der Waals surface area contributed by atoms with E-state index in [4.69, 9.17) is 4.74 Å². The second-order valence-corrected chi connectivity index (χ2v) is 9.76. The number of rotatable bonds is 4. The second kappa shape index (κ2) is 9.26. The highest BCUT2D eigenvalue weighted by molar-refractivity contribution is 6.01. The standard InChI is InChI=1S/C28H32N2O4/c1-3-4-8-19-15-23-18(2)29(17-19)14-13-22-24-16-21(31)11-12-25(24)30(26(22)23)28(33)34-27(32)20-9-6-5-7-10-20/h5-7,9-12,16,18-19,23,31H,3-4,8,13-15,17H2,1-2H3/t18?,19-,23+/m0/s1. The van der Waals surface area contributed by atoms with E-state index in [1.807, 2.05) is 6.07 Å². The van der Waals surface area contributed by atoms with Crippen molar-refractivity contribution in [3.8, 4) is 5.75 Å². The van der Waals surface area contributed by atoms with Gasteiger partial charge in [0.25, 0.3) is 0 Å². The Labute approximate surface area is 200 Å². The number of carbonyl (C=O) groups excluding carboxylic acids is 2. The van der Waals surface area contributed by atoms with Crippen LogP contribution in [0.1, 0.15) is 67.1 Å². The Morgan fingerprint density at radius 2 is 1.94 bits per heavy atom. The van der Waals surface area contributed by atoms with Crippen LogP contribution in [0.4, 0.5) is 4.79 Å². The van der Waals surface area contributed by atoms with Gasteiger partial charge in [0.2, 0.25) is 0 Å². The number of aromatic hydroxyl groups is 1. The van der Waals surface area contributed by atoms with Crippen molar-refractivity contribution >= 4 is 23.0 Å². The normalized spacial score (nSPS) is 23.8. The van der Waals surface area contributed by atoms with Crippen LogP contribution in [0.3, 0.4) is 0 Å². The van der Waals surface area contributed by atoms with E-state index in [1.165, 1.54) is 19.3 Å². The molecule has 2 aromatic carbocycles. The molecule has 4 atom stereocenters. The lowest BCUT2D eigenvalue weighted by molar-refractivity contribution is 0.0621. The maximum Gasteiger partial charge on any atom is 0.426 e. The zero-order valence-corrected chi connectivity index (χ0v) is 19.9. The lowest BCUT2D eigenvalue weighted by Crippen LogP contribution is -2.46. The topological polar surface area (TPSA) is 71.8 Å². The van der Waals surface area contributed by atoms with Gasteiger partial charge in [0.15, 0.2) is 0 Å². The SMILES string of the molecule is CCCC[C@H]1C[C@H]2c3c(c4cc(O)ccc4n3C(=O)OC(=O)c3ccccc3)CCN(C1)C2C. The molecule has 0 radical (unpaired) electrons. The lowest BCUT2D eigenvalue weighted by Gasteiger charge is -2.42. The van der Waals surface area contributed by atoms with Gasteiger partial charge in [-0.05, 0) is 68.0 Å². The summed E-state index contributed by atoms with van der Waals surface area (Å²) in [5.74, 6) is 0.242. The fraction of sp³-hybridized carbons (Fsp3) is 0.429. The first-order valence-corrected chi connectivity index (χ1v) is 12.4. The fourth-order valence-electron chi connectivity index (χ4n) is 5.95. The largest absolute Gasteiger partial charge is 0.508 e. The summed E-state index contributed by atoms with van der Waals surface area (Å²) in [5.41, 5.74) is 3.06. The van der Waals surface area contributed by atoms with Gasteiger partial charge >= 0.3 is 12.1 Å². The molecule has 2 aliphatic rings. The Morgan fingerprint density at radius 3 is 2.71 bits per heavy atom. The third kappa shape index (κ3) is 4.00. The van der Waals surface area contributed by atoms with Crippen molar-refractivity contribution < 1.29 is 19.4 Å². The summed E-state index contributed by atoms with van der Waals surface area (Å²) >= 11 is 0. The van der Waals surface area contributed by atoms with Gasteiger partial charge in [0.05, 0.1) is 11.1 Å². The predicted octanol–water partition coefficient (Wildman–Crippen LogP) is 5.71. The average molecular weight is 461 g/mol. The lowest BCUT2D eigenvalue weighted by atomic mass is 9.80. The van der Waals surface area contributed by atoms with Gasteiger partial charge in [0.1, 0.15) is 5.75 Å². The molecule has 3 aromatic rings. The first kappa shape index (κ1) is 22.7. The molecule has 2 unspecified atom stereocenters. The van der Waals surface area contributed by atoms with E-state index in [-0.39, 0.29) is 17.7 Å². The number of piperidine rings is 1. The molecule has 3 heterocycles. The van der Waals surface area contributed by atoms with Crippen molar-refractivity contribution in [2.45, 2.75) is 57.9 Å². The number of aromatic nitrogens is 1. The van der Waals surface area contributed by atoms with E-state index in [1.54, 1.807) is 47.0 Å². The zero-order chi connectivity index (χ0) is 23.8. The summed E-state index contributed by atoms with van der Waals surface area (Å²) in [7, 11) is 0. The van der Waals surface area contributed by atoms with Crippen LogP contribution in [0.15, 0.2) is 48.5 Å². The Morgan fingerprint density at radius 1 is 1.15 bits per heavy atom. The van der Waals surface area contributed by atoms with Crippen LogP contribution in [0.5, 0.6) is 5.75 Å². The van der Waals surface area contributed by atoms with Crippen molar-refractivity contribution in [1.29, 1.82) is 0 Å². The number of ether oxygens (including phenoxy) is 1. The Hall–Kier alpha value is -3.12. The first-order valence-electron chi connectivity index (χ1n) is 12.4. The molecule has 0 spiro atoms. The minimum atomic E-state index is -0.679. The quantitative estimate of drug-likeness (QED) is 0.399. The van der Waals surface area contributed by atoms with E-state index in [0.29, 0.717) is 17.0 Å². The van der Waals surface area contributed by atoms with Gasteiger partial charge in [-0.2, -0.15) is 0 Å². The second-order valence-electron chi connectivity index (χ2n) is 9.76. The molecule has 0 aliphatic carbocycles. The number of unbranched alkanes of at least 4 members (excludes halogenated alkanes) is 1. The molecule has 34 heavy (non-hydrogen) atoms. The average Bonchev–Trinajstić information content (AvgIpc) is 3.13. The molecule has 0 amide bonds. The molecular formula is C28H32N2O4. The van der Waals surface area contributed by atoms with E-state index in [2.05, 4.69) is 18.7 Å². The minimum Gasteiger partial charge on any atom is -0.508 e. The van der Waals surface area contributed by atoms with E-state index in [0.717, 1.165) is 42.6 Å². The highest BCUT2D eigenvalue weighted by Crippen LogP contribution is 2.44. The molecule has 1 saturated heterocycles. The van der Waals surface area contributed by atoms with E-state index < -0.39 is 12.1 Å². The number of nitrogens with zero attached hydrogens (tertiary/aromatic N) is 2. The number of esters is 1. The van der Waals surface area contributed by atoms with E-state index >= 15 is 0 Å². The maximum atomic E-state index is 13.5. The van der Waals surface area contributed by atoms with Crippen LogP contribution < -0.4 is 0 Å². The van der Waals surface area contributed by atoms with Gasteiger partial charge in [-0.15, -0.1) is 0 Å². The Balaban J connectivity index is 1.59. The number of hydrogen-bond donors (Lipinski definition) is 1. The highest BCUT2D eigenvalue weighted by Gasteiger charge is 2.41. The summed E-state index contributed by atoms with van der Waals surface area (Å²) in [4.78, 5) is 28.8. The maximum absolute atomic E-state index is 13.5.